The summed E-state index contributed by atoms with van der Waals surface area (Å²) < 4.78 is 0. The fourth-order valence-electron chi connectivity index (χ4n) is 2.71. The van der Waals surface area contributed by atoms with Crippen LogP contribution in [0.15, 0.2) is 24.4 Å². The topological polar surface area (TPSA) is 75.7 Å². The second kappa shape index (κ2) is 8.24. The summed E-state index contributed by atoms with van der Waals surface area (Å²) in [7, 11) is 0. The van der Waals surface area contributed by atoms with Crippen LogP contribution in [0.5, 0.6) is 0 Å². The van der Waals surface area contributed by atoms with Crippen LogP contribution in [-0.4, -0.2) is 36.1 Å². The molecule has 0 aliphatic carbocycles. The Balaban J connectivity index is 1.71. The molecule has 5 nitrogen and oxygen atoms in total. The van der Waals surface area contributed by atoms with Crippen LogP contribution in [-0.2, 0) is 0 Å². The summed E-state index contributed by atoms with van der Waals surface area (Å²) in [6.45, 7) is 3.77. The van der Waals surface area contributed by atoms with E-state index in [1.54, 1.807) is 6.20 Å². The van der Waals surface area contributed by atoms with Gasteiger partial charge in [0.25, 0.3) is 0 Å². The van der Waals surface area contributed by atoms with Crippen molar-refractivity contribution in [3.63, 3.8) is 0 Å². The van der Waals surface area contributed by atoms with E-state index in [-0.39, 0.29) is 5.92 Å². The highest BCUT2D eigenvalue weighted by Gasteiger charge is 2.24. The Morgan fingerprint density at radius 2 is 2.33 bits per heavy atom. The molecule has 21 heavy (non-hydrogen) atoms. The largest absolute Gasteiger partial charge is 0.370 e. The molecule has 1 saturated heterocycles. The normalized spacial score (nSPS) is 19.6. The second-order valence-electron chi connectivity index (χ2n) is 5.53. The summed E-state index contributed by atoms with van der Waals surface area (Å²) in [6.07, 6.45) is 4.09. The maximum absolute atomic E-state index is 9.12. The molecule has 1 N–H and O–H groups in total. The molecule has 0 bridgehead atoms. The highest BCUT2D eigenvalue weighted by atomic mass is 15.2. The summed E-state index contributed by atoms with van der Waals surface area (Å²) in [5.41, 5.74) is 0. The van der Waals surface area contributed by atoms with Gasteiger partial charge in [0.05, 0.1) is 18.1 Å². The van der Waals surface area contributed by atoms with Gasteiger partial charge in [0, 0.05) is 32.3 Å². The third-order valence-corrected chi connectivity index (χ3v) is 3.87. The van der Waals surface area contributed by atoms with Gasteiger partial charge >= 0.3 is 0 Å². The molecule has 1 aliphatic heterocycles. The average molecular weight is 283 g/mol. The van der Waals surface area contributed by atoms with Crippen molar-refractivity contribution in [3.8, 4) is 12.1 Å². The van der Waals surface area contributed by atoms with E-state index in [0.29, 0.717) is 18.8 Å². The van der Waals surface area contributed by atoms with Crippen molar-refractivity contribution in [2.75, 3.05) is 31.5 Å². The van der Waals surface area contributed by atoms with Crippen molar-refractivity contribution in [2.45, 2.75) is 19.3 Å². The van der Waals surface area contributed by atoms with Gasteiger partial charge in [0.1, 0.15) is 5.82 Å². The first kappa shape index (κ1) is 15.3. The van der Waals surface area contributed by atoms with Crippen LogP contribution in [0.25, 0.3) is 0 Å². The molecule has 0 saturated carbocycles. The molecule has 1 aliphatic rings. The molecule has 1 aromatic rings. The summed E-state index contributed by atoms with van der Waals surface area (Å²) in [4.78, 5) is 6.60. The minimum atomic E-state index is -0.0212. The fourth-order valence-corrected chi connectivity index (χ4v) is 2.71. The molecule has 2 rings (SSSR count). The lowest BCUT2D eigenvalue weighted by Crippen LogP contribution is -2.28. The summed E-state index contributed by atoms with van der Waals surface area (Å²) in [5.74, 6) is 1.49. The lowest BCUT2D eigenvalue weighted by molar-refractivity contribution is 0.290. The van der Waals surface area contributed by atoms with Gasteiger partial charge in [-0.15, -0.1) is 0 Å². The molecule has 0 aromatic carbocycles. The molecule has 2 heterocycles. The average Bonchev–Trinajstić information content (AvgIpc) is 2.98. The van der Waals surface area contributed by atoms with Gasteiger partial charge in [-0.1, -0.05) is 6.07 Å². The third kappa shape index (κ3) is 5.06. The van der Waals surface area contributed by atoms with Crippen molar-refractivity contribution >= 4 is 5.82 Å². The Bertz CT molecular complexity index is 502. The lowest BCUT2D eigenvalue weighted by Gasteiger charge is -2.19. The van der Waals surface area contributed by atoms with E-state index in [4.69, 9.17) is 10.5 Å². The third-order valence-electron chi connectivity index (χ3n) is 3.87. The zero-order chi connectivity index (χ0) is 14.9. The van der Waals surface area contributed by atoms with Crippen LogP contribution in [0.2, 0.25) is 0 Å². The van der Waals surface area contributed by atoms with Gasteiger partial charge in [-0.2, -0.15) is 10.5 Å². The Kier molecular flexibility index (Phi) is 5.99. The highest BCUT2D eigenvalue weighted by Crippen LogP contribution is 2.19. The highest BCUT2D eigenvalue weighted by molar-refractivity contribution is 5.33. The predicted molar refractivity (Wildman–Crippen MR) is 81.2 cm³/mol. The van der Waals surface area contributed by atoms with Crippen molar-refractivity contribution in [1.82, 2.24) is 9.88 Å². The molecule has 0 radical (unpaired) electrons. The van der Waals surface area contributed by atoms with E-state index in [1.165, 1.54) is 0 Å². The zero-order valence-corrected chi connectivity index (χ0v) is 12.2. The van der Waals surface area contributed by atoms with Crippen molar-refractivity contribution in [1.29, 1.82) is 10.5 Å². The monoisotopic (exact) mass is 283 g/mol. The maximum atomic E-state index is 9.12. The van der Waals surface area contributed by atoms with E-state index in [9.17, 15) is 0 Å². The molecule has 2 atom stereocenters. The molecule has 110 valence electrons. The number of likely N-dealkylation sites (tertiary alicyclic amines) is 1. The first-order valence-electron chi connectivity index (χ1n) is 7.45. The maximum Gasteiger partial charge on any atom is 0.125 e. The minimum absolute atomic E-state index is 0.0212. The van der Waals surface area contributed by atoms with Crippen molar-refractivity contribution in [2.24, 2.45) is 11.8 Å². The van der Waals surface area contributed by atoms with Gasteiger partial charge in [0.15, 0.2) is 0 Å². The van der Waals surface area contributed by atoms with Crippen LogP contribution < -0.4 is 5.32 Å². The quantitative estimate of drug-likeness (QED) is 0.830. The first-order valence-corrected chi connectivity index (χ1v) is 7.45. The predicted octanol–water partition coefficient (Wildman–Crippen LogP) is 2.26. The van der Waals surface area contributed by atoms with Crippen LogP contribution in [0.4, 0.5) is 5.82 Å². The fraction of sp³-hybridized carbons (Fsp3) is 0.562. The molecule has 1 fully saturated rings. The van der Waals surface area contributed by atoms with Gasteiger partial charge in [-0.05, 0) is 37.4 Å². The van der Waals surface area contributed by atoms with E-state index < -0.39 is 0 Å². The standard InChI is InChI=1S/C16H21N5/c17-7-3-4-14(10-18)12-21-9-6-15(13-21)11-20-16-5-1-2-8-19-16/h1-2,5,8,14-15H,3-4,6,9,11-13H2,(H,19,20). The molecule has 5 heteroatoms. The molecule has 2 unspecified atom stereocenters. The number of nitrogens with one attached hydrogen (secondary N) is 1. The summed E-state index contributed by atoms with van der Waals surface area (Å²) in [5, 5.41) is 21.1. The summed E-state index contributed by atoms with van der Waals surface area (Å²) >= 11 is 0. The van der Waals surface area contributed by atoms with Crippen molar-refractivity contribution < 1.29 is 0 Å². The molecule has 0 amide bonds. The van der Waals surface area contributed by atoms with Gasteiger partial charge in [-0.3, -0.25) is 0 Å². The van der Waals surface area contributed by atoms with Crippen LogP contribution >= 0.6 is 0 Å². The Morgan fingerprint density at radius 1 is 1.43 bits per heavy atom. The first-order chi connectivity index (χ1) is 10.3. The number of pyridine rings is 1. The SMILES string of the molecule is N#CCCC(C#N)CN1CCC(CNc2ccccn2)C1. The van der Waals surface area contributed by atoms with Gasteiger partial charge in [0.2, 0.25) is 0 Å². The number of rotatable bonds is 7. The number of nitriles is 2. The number of hydrogen-bond acceptors (Lipinski definition) is 5. The Hall–Kier alpha value is -2.11. The molecular formula is C16H21N5. The second-order valence-corrected chi connectivity index (χ2v) is 5.53. The number of aromatic nitrogens is 1. The smallest absolute Gasteiger partial charge is 0.125 e. The van der Waals surface area contributed by atoms with Gasteiger partial charge < -0.3 is 10.2 Å². The van der Waals surface area contributed by atoms with Crippen LogP contribution in [0, 0.1) is 34.5 Å². The summed E-state index contributed by atoms with van der Waals surface area (Å²) in [6, 6.07) is 10.3. The van der Waals surface area contributed by atoms with E-state index in [1.807, 2.05) is 18.2 Å². The van der Waals surface area contributed by atoms with Crippen LogP contribution in [0.1, 0.15) is 19.3 Å². The Labute approximate surface area is 126 Å². The zero-order valence-electron chi connectivity index (χ0n) is 12.2. The van der Waals surface area contributed by atoms with E-state index in [2.05, 4.69) is 27.3 Å². The lowest BCUT2D eigenvalue weighted by atomic mass is 10.1. The Morgan fingerprint density at radius 3 is 3.05 bits per heavy atom. The molecular weight excluding hydrogens is 262 g/mol. The molecule has 0 spiro atoms. The minimum Gasteiger partial charge on any atom is -0.370 e. The van der Waals surface area contributed by atoms with E-state index in [0.717, 1.165) is 38.4 Å². The van der Waals surface area contributed by atoms with Crippen molar-refractivity contribution in [3.05, 3.63) is 24.4 Å². The number of anilines is 1. The number of hydrogen-bond donors (Lipinski definition) is 1. The number of nitrogens with zero attached hydrogens (tertiary/aromatic N) is 4. The van der Waals surface area contributed by atoms with Gasteiger partial charge in [-0.25, -0.2) is 4.98 Å². The van der Waals surface area contributed by atoms with E-state index >= 15 is 0 Å². The van der Waals surface area contributed by atoms with Crippen LogP contribution in [0.3, 0.4) is 0 Å². The molecule has 1 aromatic heterocycles.